The molecule has 2 aromatic heterocycles. The number of nitrogens with zero attached hydrogens (tertiary/aromatic N) is 5. The lowest BCUT2D eigenvalue weighted by Gasteiger charge is -2.28. The van der Waals surface area contributed by atoms with Gasteiger partial charge in [-0.1, -0.05) is 23.9 Å². The molecule has 164 valence electrons. The molecule has 31 heavy (non-hydrogen) atoms. The van der Waals surface area contributed by atoms with Gasteiger partial charge >= 0.3 is 0 Å². The molecule has 1 aromatic carbocycles. The number of hydrogen-bond acceptors (Lipinski definition) is 6. The van der Waals surface area contributed by atoms with Gasteiger partial charge in [0.2, 0.25) is 5.95 Å². The molecule has 1 aliphatic rings. The summed E-state index contributed by atoms with van der Waals surface area (Å²) in [7, 11) is 0. The number of morpholine rings is 1. The molecule has 3 heterocycles. The van der Waals surface area contributed by atoms with Crippen LogP contribution in [-0.4, -0.2) is 57.2 Å². The molecule has 1 fully saturated rings. The lowest BCUT2D eigenvalue weighted by atomic mass is 10.2. The molecule has 0 N–H and O–H groups in total. The molecule has 1 saturated heterocycles. The van der Waals surface area contributed by atoms with Crippen molar-refractivity contribution in [2.24, 2.45) is 0 Å². The van der Waals surface area contributed by atoms with Crippen molar-refractivity contribution < 1.29 is 9.53 Å². The number of benzene rings is 1. The van der Waals surface area contributed by atoms with Gasteiger partial charge in [0.1, 0.15) is 0 Å². The van der Waals surface area contributed by atoms with Crippen molar-refractivity contribution in [3.05, 3.63) is 52.8 Å². The number of hydrogen-bond donors (Lipinski definition) is 0. The normalized spacial score (nSPS) is 14.3. The van der Waals surface area contributed by atoms with Gasteiger partial charge in [0, 0.05) is 36.6 Å². The van der Waals surface area contributed by atoms with Gasteiger partial charge in [0.15, 0.2) is 10.9 Å². The maximum Gasteiger partial charge on any atom is 0.232 e. The molecule has 0 bridgehead atoms. The van der Waals surface area contributed by atoms with Crippen LogP contribution in [0.3, 0.4) is 0 Å². The highest BCUT2D eigenvalue weighted by Crippen LogP contribution is 2.28. The highest BCUT2D eigenvalue weighted by molar-refractivity contribution is 7.99. The topological polar surface area (TPSA) is 65.2 Å². The highest BCUT2D eigenvalue weighted by atomic mass is 32.2. The zero-order valence-electron chi connectivity index (χ0n) is 18.6. The number of anilines is 1. The van der Waals surface area contributed by atoms with Gasteiger partial charge in [-0.05, 0) is 51.5 Å². The predicted octanol–water partition coefficient (Wildman–Crippen LogP) is 3.83. The maximum atomic E-state index is 13.0. The number of aromatic nitrogens is 4. The van der Waals surface area contributed by atoms with Crippen LogP contribution in [0.15, 0.2) is 35.5 Å². The molecule has 0 amide bonds. The van der Waals surface area contributed by atoms with Gasteiger partial charge in [-0.15, -0.1) is 10.2 Å². The first-order chi connectivity index (χ1) is 15.0. The minimum atomic E-state index is 0.115. The molecule has 0 radical (unpaired) electrons. The fraction of sp³-hybridized carbons (Fsp3) is 0.435. The smallest absolute Gasteiger partial charge is 0.232 e. The van der Waals surface area contributed by atoms with E-state index in [0.717, 1.165) is 58.9 Å². The Bertz CT molecular complexity index is 1080. The van der Waals surface area contributed by atoms with E-state index in [1.807, 2.05) is 26.0 Å². The number of thioether (sulfide) groups is 1. The highest BCUT2D eigenvalue weighted by Gasteiger charge is 2.23. The van der Waals surface area contributed by atoms with Crippen LogP contribution in [0.5, 0.6) is 0 Å². The maximum absolute atomic E-state index is 13.0. The van der Waals surface area contributed by atoms with E-state index < -0.39 is 0 Å². The Balaban J connectivity index is 1.62. The first-order valence-corrected chi connectivity index (χ1v) is 11.7. The van der Waals surface area contributed by atoms with Crippen molar-refractivity contribution >= 4 is 23.5 Å². The van der Waals surface area contributed by atoms with E-state index in [1.165, 1.54) is 11.8 Å². The molecule has 7 nitrogen and oxygen atoms in total. The van der Waals surface area contributed by atoms with Crippen LogP contribution >= 0.6 is 11.8 Å². The van der Waals surface area contributed by atoms with E-state index in [0.29, 0.717) is 19.0 Å². The summed E-state index contributed by atoms with van der Waals surface area (Å²) in [4.78, 5) is 15.2. The molecule has 4 rings (SSSR count). The van der Waals surface area contributed by atoms with Gasteiger partial charge in [-0.2, -0.15) is 0 Å². The summed E-state index contributed by atoms with van der Waals surface area (Å²) >= 11 is 1.44. The zero-order valence-corrected chi connectivity index (χ0v) is 19.4. The van der Waals surface area contributed by atoms with Crippen molar-refractivity contribution in [1.82, 2.24) is 19.3 Å². The van der Waals surface area contributed by atoms with E-state index in [1.54, 1.807) is 0 Å². The third-order valence-electron chi connectivity index (χ3n) is 5.69. The summed E-state index contributed by atoms with van der Waals surface area (Å²) < 4.78 is 9.73. The van der Waals surface area contributed by atoms with Crippen molar-refractivity contribution in [2.75, 3.05) is 37.0 Å². The van der Waals surface area contributed by atoms with E-state index in [4.69, 9.17) is 4.74 Å². The number of Topliss-reactive ketones (excluding diaryl/α,β-unsaturated/α-hetero) is 1. The minimum Gasteiger partial charge on any atom is -0.378 e. The standard InChI is InChI=1S/C23H29N5O2S/c1-5-27-17(3)14-20(18(27)4)21(29)15-31-23-25-24-22(26-9-11-30-12-10-26)28(23)19-8-6-7-16(2)13-19/h6-8,13-14H,5,9-12,15H2,1-4H3. The lowest BCUT2D eigenvalue weighted by molar-refractivity contribution is 0.102. The summed E-state index contributed by atoms with van der Waals surface area (Å²) in [6.45, 7) is 12.0. The van der Waals surface area contributed by atoms with Gasteiger partial charge in [-0.25, -0.2) is 0 Å². The van der Waals surface area contributed by atoms with Crippen LogP contribution in [0.1, 0.15) is 34.2 Å². The van der Waals surface area contributed by atoms with E-state index in [9.17, 15) is 4.79 Å². The second kappa shape index (κ2) is 9.28. The molecule has 0 saturated carbocycles. The average Bonchev–Trinajstić information content (AvgIpc) is 3.33. The van der Waals surface area contributed by atoms with Gasteiger partial charge in [-0.3, -0.25) is 9.36 Å². The van der Waals surface area contributed by atoms with Crippen LogP contribution < -0.4 is 4.90 Å². The number of carbonyl (C=O) groups is 1. The van der Waals surface area contributed by atoms with Crippen LogP contribution in [0.2, 0.25) is 0 Å². The fourth-order valence-corrected chi connectivity index (χ4v) is 4.93. The van der Waals surface area contributed by atoms with Gasteiger partial charge in [0.05, 0.1) is 24.7 Å². The van der Waals surface area contributed by atoms with Gasteiger partial charge in [0.25, 0.3) is 0 Å². The van der Waals surface area contributed by atoms with Crippen molar-refractivity contribution in [1.29, 1.82) is 0 Å². The molecular weight excluding hydrogens is 410 g/mol. The number of ketones is 1. The van der Waals surface area contributed by atoms with E-state index in [2.05, 4.69) is 56.3 Å². The summed E-state index contributed by atoms with van der Waals surface area (Å²) in [5, 5.41) is 9.68. The van der Waals surface area contributed by atoms with Crippen molar-refractivity contribution in [2.45, 2.75) is 39.4 Å². The Morgan fingerprint density at radius 3 is 2.58 bits per heavy atom. The molecule has 0 unspecified atom stereocenters. The van der Waals surface area contributed by atoms with Crippen LogP contribution in [0.4, 0.5) is 5.95 Å². The zero-order chi connectivity index (χ0) is 22.0. The summed E-state index contributed by atoms with van der Waals surface area (Å²) in [6.07, 6.45) is 0. The molecule has 0 atom stereocenters. The van der Waals surface area contributed by atoms with Crippen molar-refractivity contribution in [3.8, 4) is 5.69 Å². The third-order valence-corrected chi connectivity index (χ3v) is 6.62. The first kappa shape index (κ1) is 21.6. The average molecular weight is 440 g/mol. The molecule has 0 spiro atoms. The molecule has 8 heteroatoms. The Morgan fingerprint density at radius 1 is 1.13 bits per heavy atom. The SMILES string of the molecule is CCn1c(C)cc(C(=O)CSc2nnc(N3CCOCC3)n2-c2cccc(C)c2)c1C. The summed E-state index contributed by atoms with van der Waals surface area (Å²) in [5.74, 6) is 1.23. The monoisotopic (exact) mass is 439 g/mol. The fourth-order valence-electron chi connectivity index (χ4n) is 4.09. The Morgan fingerprint density at radius 2 is 1.90 bits per heavy atom. The summed E-state index contributed by atoms with van der Waals surface area (Å²) in [5.41, 5.74) is 5.11. The largest absolute Gasteiger partial charge is 0.378 e. The quantitative estimate of drug-likeness (QED) is 0.412. The Hall–Kier alpha value is -2.58. The molecule has 1 aliphatic heterocycles. The van der Waals surface area contributed by atoms with Crippen molar-refractivity contribution in [3.63, 3.8) is 0 Å². The van der Waals surface area contributed by atoms with E-state index in [-0.39, 0.29) is 5.78 Å². The first-order valence-electron chi connectivity index (χ1n) is 10.7. The second-order valence-corrected chi connectivity index (χ2v) is 8.74. The lowest BCUT2D eigenvalue weighted by Crippen LogP contribution is -2.37. The van der Waals surface area contributed by atoms with E-state index >= 15 is 0 Å². The Kier molecular flexibility index (Phi) is 6.48. The third kappa shape index (κ3) is 4.41. The molecule has 3 aromatic rings. The minimum absolute atomic E-state index is 0.115. The summed E-state index contributed by atoms with van der Waals surface area (Å²) in [6, 6.07) is 10.3. The molecule has 0 aliphatic carbocycles. The second-order valence-electron chi connectivity index (χ2n) is 7.80. The number of rotatable bonds is 7. The molecular formula is C23H29N5O2S. The predicted molar refractivity (Wildman–Crippen MR) is 124 cm³/mol. The van der Waals surface area contributed by atoms with Crippen LogP contribution in [0, 0.1) is 20.8 Å². The Labute approximate surface area is 187 Å². The number of aryl methyl sites for hydroxylation is 2. The van der Waals surface area contributed by atoms with Gasteiger partial charge < -0.3 is 14.2 Å². The van der Waals surface area contributed by atoms with Crippen LogP contribution in [0.25, 0.3) is 5.69 Å². The van der Waals surface area contributed by atoms with Crippen LogP contribution in [-0.2, 0) is 11.3 Å². The number of ether oxygens (including phenoxy) is 1. The number of carbonyl (C=O) groups excluding carboxylic acids is 1.